The molecular weight excluding hydrogens is 318 g/mol. The predicted molar refractivity (Wildman–Crippen MR) is 95.4 cm³/mol. The number of esters is 1. The highest BCUT2D eigenvalue weighted by molar-refractivity contribution is 5.94. The first-order valence-corrected chi connectivity index (χ1v) is 8.10. The summed E-state index contributed by atoms with van der Waals surface area (Å²) in [7, 11) is 2.91. The summed E-state index contributed by atoms with van der Waals surface area (Å²) >= 11 is 0. The third-order valence-corrected chi connectivity index (χ3v) is 3.92. The molecule has 2 rings (SSSR count). The standard InChI is InChI=1S/C20H23NO4/c1-15(20(23)25-3)13-21(14-16-8-5-4-6-9-16)19(22)17-10-7-11-18(12-17)24-2/h4-12,15H,13-14H2,1-3H3. The van der Waals surface area contributed by atoms with Crippen molar-refractivity contribution >= 4 is 11.9 Å². The molecule has 0 aliphatic heterocycles. The molecule has 0 aromatic heterocycles. The fourth-order valence-electron chi connectivity index (χ4n) is 2.57. The van der Waals surface area contributed by atoms with Crippen LogP contribution in [0, 0.1) is 5.92 Å². The highest BCUT2D eigenvalue weighted by atomic mass is 16.5. The van der Waals surface area contributed by atoms with Gasteiger partial charge in [0.1, 0.15) is 5.75 Å². The molecule has 0 heterocycles. The highest BCUT2D eigenvalue weighted by Crippen LogP contribution is 2.17. The van der Waals surface area contributed by atoms with Crippen molar-refractivity contribution < 1.29 is 19.1 Å². The molecule has 0 bridgehead atoms. The fourth-order valence-corrected chi connectivity index (χ4v) is 2.57. The van der Waals surface area contributed by atoms with Gasteiger partial charge in [-0.1, -0.05) is 43.3 Å². The van der Waals surface area contributed by atoms with Crippen LogP contribution in [-0.2, 0) is 16.1 Å². The van der Waals surface area contributed by atoms with Gasteiger partial charge in [-0.2, -0.15) is 0 Å². The number of rotatable bonds is 7. The largest absolute Gasteiger partial charge is 0.497 e. The van der Waals surface area contributed by atoms with Crippen molar-refractivity contribution in [1.82, 2.24) is 4.90 Å². The molecule has 0 N–H and O–H groups in total. The van der Waals surface area contributed by atoms with Crippen LogP contribution in [0.15, 0.2) is 54.6 Å². The van der Waals surface area contributed by atoms with Crippen LogP contribution in [0.1, 0.15) is 22.8 Å². The number of benzene rings is 2. The van der Waals surface area contributed by atoms with E-state index < -0.39 is 5.92 Å². The summed E-state index contributed by atoms with van der Waals surface area (Å²) in [6, 6.07) is 16.7. The first kappa shape index (κ1) is 18.5. The molecule has 2 aromatic rings. The SMILES string of the molecule is COC(=O)C(C)CN(Cc1ccccc1)C(=O)c1cccc(OC)c1. The Morgan fingerprint density at radius 3 is 2.40 bits per heavy atom. The zero-order valence-electron chi connectivity index (χ0n) is 14.8. The van der Waals surface area contributed by atoms with Crippen LogP contribution in [0.2, 0.25) is 0 Å². The smallest absolute Gasteiger partial charge is 0.310 e. The Morgan fingerprint density at radius 1 is 1.04 bits per heavy atom. The van der Waals surface area contributed by atoms with E-state index in [2.05, 4.69) is 0 Å². The van der Waals surface area contributed by atoms with Crippen molar-refractivity contribution in [2.24, 2.45) is 5.92 Å². The fraction of sp³-hybridized carbons (Fsp3) is 0.300. The summed E-state index contributed by atoms with van der Waals surface area (Å²) in [6.07, 6.45) is 0. The lowest BCUT2D eigenvalue weighted by atomic mass is 10.1. The van der Waals surface area contributed by atoms with E-state index in [1.54, 1.807) is 43.2 Å². The van der Waals surface area contributed by atoms with E-state index in [1.807, 2.05) is 30.3 Å². The quantitative estimate of drug-likeness (QED) is 0.726. The van der Waals surface area contributed by atoms with Gasteiger partial charge < -0.3 is 14.4 Å². The molecule has 5 heteroatoms. The number of nitrogens with zero attached hydrogens (tertiary/aromatic N) is 1. The Labute approximate surface area is 148 Å². The summed E-state index contributed by atoms with van der Waals surface area (Å²) in [4.78, 5) is 26.4. The monoisotopic (exact) mass is 341 g/mol. The Bertz CT molecular complexity index is 715. The van der Waals surface area contributed by atoms with Crippen LogP contribution < -0.4 is 4.74 Å². The molecule has 0 aliphatic rings. The lowest BCUT2D eigenvalue weighted by Gasteiger charge is -2.25. The second-order valence-electron chi connectivity index (χ2n) is 5.83. The minimum atomic E-state index is -0.414. The van der Waals surface area contributed by atoms with E-state index in [0.29, 0.717) is 17.9 Å². The van der Waals surface area contributed by atoms with Crippen LogP contribution >= 0.6 is 0 Å². The maximum absolute atomic E-state index is 13.0. The average molecular weight is 341 g/mol. The van der Waals surface area contributed by atoms with E-state index in [9.17, 15) is 9.59 Å². The summed E-state index contributed by atoms with van der Waals surface area (Å²) in [5.74, 6) is -0.287. The van der Waals surface area contributed by atoms with Crippen molar-refractivity contribution in [3.8, 4) is 5.75 Å². The van der Waals surface area contributed by atoms with Crippen molar-refractivity contribution in [3.05, 3.63) is 65.7 Å². The van der Waals surface area contributed by atoms with E-state index >= 15 is 0 Å². The summed E-state index contributed by atoms with van der Waals surface area (Å²) in [5.41, 5.74) is 1.52. The number of hydrogen-bond acceptors (Lipinski definition) is 4. The maximum Gasteiger partial charge on any atom is 0.310 e. The Kier molecular flexibility index (Phi) is 6.57. The molecule has 0 spiro atoms. The number of amides is 1. The molecule has 25 heavy (non-hydrogen) atoms. The first-order chi connectivity index (χ1) is 12.0. The summed E-state index contributed by atoms with van der Waals surface area (Å²) in [5, 5.41) is 0. The van der Waals surface area contributed by atoms with Gasteiger partial charge in [0.15, 0.2) is 0 Å². The minimum Gasteiger partial charge on any atom is -0.497 e. The molecule has 0 fully saturated rings. The second-order valence-corrected chi connectivity index (χ2v) is 5.83. The minimum absolute atomic E-state index is 0.154. The molecule has 0 saturated heterocycles. The molecule has 2 aromatic carbocycles. The van der Waals surface area contributed by atoms with Crippen LogP contribution in [-0.4, -0.2) is 37.5 Å². The van der Waals surface area contributed by atoms with Crippen LogP contribution in [0.5, 0.6) is 5.75 Å². The van der Waals surface area contributed by atoms with Crippen molar-refractivity contribution in [3.63, 3.8) is 0 Å². The molecule has 1 unspecified atom stereocenters. The van der Waals surface area contributed by atoms with Gasteiger partial charge in [-0.15, -0.1) is 0 Å². The Balaban J connectivity index is 2.25. The number of hydrogen-bond donors (Lipinski definition) is 0. The number of methoxy groups -OCH3 is 2. The lowest BCUT2D eigenvalue weighted by Crippen LogP contribution is -2.36. The lowest BCUT2D eigenvalue weighted by molar-refractivity contribution is -0.145. The molecule has 132 valence electrons. The predicted octanol–water partition coefficient (Wildman–Crippen LogP) is 3.15. The summed E-state index contributed by atoms with van der Waals surface area (Å²) in [6.45, 7) is 2.44. The van der Waals surface area contributed by atoms with E-state index in [1.165, 1.54) is 7.11 Å². The third kappa shape index (κ3) is 5.08. The van der Waals surface area contributed by atoms with Crippen molar-refractivity contribution in [1.29, 1.82) is 0 Å². The number of ether oxygens (including phenoxy) is 2. The first-order valence-electron chi connectivity index (χ1n) is 8.10. The van der Waals surface area contributed by atoms with Crippen LogP contribution in [0.4, 0.5) is 0 Å². The van der Waals surface area contributed by atoms with Gasteiger partial charge in [-0.25, -0.2) is 0 Å². The zero-order chi connectivity index (χ0) is 18.2. The molecule has 1 atom stereocenters. The van der Waals surface area contributed by atoms with Gasteiger partial charge in [-0.05, 0) is 23.8 Å². The van der Waals surface area contributed by atoms with E-state index in [0.717, 1.165) is 5.56 Å². The maximum atomic E-state index is 13.0. The summed E-state index contributed by atoms with van der Waals surface area (Å²) < 4.78 is 9.98. The average Bonchev–Trinajstić information content (AvgIpc) is 2.66. The molecule has 5 nitrogen and oxygen atoms in total. The van der Waals surface area contributed by atoms with Crippen LogP contribution in [0.25, 0.3) is 0 Å². The molecule has 0 radical (unpaired) electrons. The highest BCUT2D eigenvalue weighted by Gasteiger charge is 2.23. The second kappa shape index (κ2) is 8.87. The molecule has 0 saturated carbocycles. The number of carbonyl (C=O) groups excluding carboxylic acids is 2. The van der Waals surface area contributed by atoms with Crippen molar-refractivity contribution in [2.45, 2.75) is 13.5 Å². The number of carbonyl (C=O) groups is 2. The van der Waals surface area contributed by atoms with E-state index in [-0.39, 0.29) is 18.4 Å². The topological polar surface area (TPSA) is 55.8 Å². The van der Waals surface area contributed by atoms with Gasteiger partial charge in [-0.3, -0.25) is 9.59 Å². The Hall–Kier alpha value is -2.82. The third-order valence-electron chi connectivity index (χ3n) is 3.92. The van der Waals surface area contributed by atoms with Crippen molar-refractivity contribution in [2.75, 3.05) is 20.8 Å². The Morgan fingerprint density at radius 2 is 1.76 bits per heavy atom. The normalized spacial score (nSPS) is 11.5. The van der Waals surface area contributed by atoms with Gasteiger partial charge in [0, 0.05) is 18.7 Å². The molecule has 0 aliphatic carbocycles. The molecule has 1 amide bonds. The van der Waals surface area contributed by atoms with Gasteiger partial charge in [0.05, 0.1) is 20.1 Å². The van der Waals surface area contributed by atoms with Gasteiger partial charge in [0.2, 0.25) is 0 Å². The zero-order valence-corrected chi connectivity index (χ0v) is 14.8. The van der Waals surface area contributed by atoms with Gasteiger partial charge in [0.25, 0.3) is 5.91 Å². The van der Waals surface area contributed by atoms with Gasteiger partial charge >= 0.3 is 5.97 Å². The molecular formula is C20H23NO4. The van der Waals surface area contributed by atoms with Crippen LogP contribution in [0.3, 0.4) is 0 Å². The van der Waals surface area contributed by atoms with E-state index in [4.69, 9.17) is 9.47 Å².